The monoisotopic (exact) mass is 549 g/mol. The van der Waals surface area contributed by atoms with Crippen molar-refractivity contribution < 1.29 is 14.4 Å². The zero-order valence-corrected chi connectivity index (χ0v) is 27.6. The van der Waals surface area contributed by atoms with Crippen LogP contribution in [0.2, 0.25) is 0 Å². The van der Waals surface area contributed by atoms with E-state index in [1.54, 1.807) is 20.8 Å². The number of carbonyl (C=O) groups is 3. The van der Waals surface area contributed by atoms with Crippen molar-refractivity contribution in [3.05, 3.63) is 0 Å². The van der Waals surface area contributed by atoms with Crippen molar-refractivity contribution >= 4 is 17.3 Å². The van der Waals surface area contributed by atoms with E-state index in [1.165, 1.54) is 64.2 Å². The number of carbonyl (C=O) groups excluding carboxylic acids is 3. The lowest BCUT2D eigenvalue weighted by molar-refractivity contribution is -0.131. The molecule has 3 aliphatic carbocycles. The molecule has 3 nitrogen and oxygen atoms in total. The summed E-state index contributed by atoms with van der Waals surface area (Å²) in [4.78, 5) is 34.2. The topological polar surface area (TPSA) is 51.2 Å². The molecule has 6 atom stereocenters. The first-order chi connectivity index (χ1) is 17.3. The van der Waals surface area contributed by atoms with Crippen LogP contribution < -0.4 is 0 Å². The van der Waals surface area contributed by atoms with Gasteiger partial charge in [0, 0.05) is 17.3 Å². The van der Waals surface area contributed by atoms with Crippen LogP contribution in [0.1, 0.15) is 180 Å². The van der Waals surface area contributed by atoms with E-state index in [9.17, 15) is 14.4 Å². The molecular formula is C36H68O3. The van der Waals surface area contributed by atoms with Crippen molar-refractivity contribution in [3.8, 4) is 0 Å². The highest BCUT2D eigenvalue weighted by molar-refractivity contribution is 5.83. The maximum Gasteiger partial charge on any atom is 0.136 e. The minimum Gasteiger partial charge on any atom is -0.300 e. The van der Waals surface area contributed by atoms with Crippen LogP contribution in [-0.2, 0) is 14.4 Å². The fourth-order valence-corrected chi connectivity index (χ4v) is 8.19. The van der Waals surface area contributed by atoms with Gasteiger partial charge in [0.1, 0.15) is 17.3 Å². The molecule has 0 amide bonds. The Morgan fingerprint density at radius 3 is 1.51 bits per heavy atom. The Balaban J connectivity index is 0.000000549. The van der Waals surface area contributed by atoms with E-state index in [1.807, 2.05) is 0 Å². The van der Waals surface area contributed by atoms with Gasteiger partial charge in [-0.25, -0.2) is 0 Å². The summed E-state index contributed by atoms with van der Waals surface area (Å²) >= 11 is 0. The molecule has 230 valence electrons. The van der Waals surface area contributed by atoms with Crippen LogP contribution in [0.25, 0.3) is 0 Å². The van der Waals surface area contributed by atoms with E-state index in [2.05, 4.69) is 62.3 Å². The maximum atomic E-state index is 11.7. The third-order valence-corrected chi connectivity index (χ3v) is 12.5. The van der Waals surface area contributed by atoms with E-state index >= 15 is 0 Å². The molecule has 3 heteroatoms. The molecule has 0 spiro atoms. The third kappa shape index (κ3) is 8.51. The number of hydrogen-bond donors (Lipinski definition) is 0. The number of rotatable bonds is 8. The van der Waals surface area contributed by atoms with Crippen molar-refractivity contribution in [1.82, 2.24) is 0 Å². The number of Topliss-reactive ketones (excluding diaryl/α,β-unsaturated/α-hetero) is 3. The highest BCUT2D eigenvalue weighted by atomic mass is 16.1. The fourth-order valence-electron chi connectivity index (χ4n) is 8.19. The second kappa shape index (κ2) is 14.3. The highest BCUT2D eigenvalue weighted by Crippen LogP contribution is 2.57. The van der Waals surface area contributed by atoms with Gasteiger partial charge in [-0.05, 0) is 93.8 Å². The Kier molecular flexibility index (Phi) is 13.9. The lowest BCUT2D eigenvalue weighted by atomic mass is 9.64. The molecule has 0 N–H and O–H groups in total. The van der Waals surface area contributed by atoms with Crippen molar-refractivity contribution in [2.75, 3.05) is 0 Å². The SMILES string of the molecule is C.CCC1(C)CCC(C)(C(C)=O)C1.CCC1(C)CCCC1(C)CC(C)=O.CCCC1(C)CCCC1(C)C(C)=O. The van der Waals surface area contributed by atoms with Crippen LogP contribution in [0.3, 0.4) is 0 Å². The second-order valence-corrected chi connectivity index (χ2v) is 15.2. The van der Waals surface area contributed by atoms with E-state index in [-0.39, 0.29) is 29.1 Å². The molecule has 0 aliphatic heterocycles. The van der Waals surface area contributed by atoms with Crippen LogP contribution in [0.5, 0.6) is 0 Å². The Morgan fingerprint density at radius 1 is 0.615 bits per heavy atom. The molecule has 0 bridgehead atoms. The first kappa shape index (κ1) is 38.0. The van der Waals surface area contributed by atoms with E-state index in [0.717, 1.165) is 25.7 Å². The Morgan fingerprint density at radius 2 is 1.13 bits per heavy atom. The van der Waals surface area contributed by atoms with Gasteiger partial charge in [0.2, 0.25) is 0 Å². The van der Waals surface area contributed by atoms with Crippen LogP contribution in [0.15, 0.2) is 0 Å². The quantitative estimate of drug-likeness (QED) is 0.303. The van der Waals surface area contributed by atoms with Crippen LogP contribution in [0.4, 0.5) is 0 Å². The van der Waals surface area contributed by atoms with Crippen molar-refractivity contribution in [2.45, 2.75) is 180 Å². The first-order valence-electron chi connectivity index (χ1n) is 15.8. The summed E-state index contributed by atoms with van der Waals surface area (Å²) in [6, 6.07) is 0. The summed E-state index contributed by atoms with van der Waals surface area (Å²) in [5.74, 6) is 1.12. The molecule has 3 saturated carbocycles. The summed E-state index contributed by atoms with van der Waals surface area (Å²) in [6.45, 7) is 25.5. The van der Waals surface area contributed by atoms with E-state index in [0.29, 0.717) is 28.2 Å². The van der Waals surface area contributed by atoms with Gasteiger partial charge in [-0.3, -0.25) is 9.59 Å². The molecule has 0 saturated heterocycles. The zero-order chi connectivity index (χ0) is 29.6. The lowest BCUT2D eigenvalue weighted by Gasteiger charge is -2.40. The normalized spacial score (nSPS) is 39.1. The van der Waals surface area contributed by atoms with E-state index < -0.39 is 0 Å². The number of hydrogen-bond acceptors (Lipinski definition) is 3. The van der Waals surface area contributed by atoms with Gasteiger partial charge in [-0.2, -0.15) is 0 Å². The Hall–Kier alpha value is -0.990. The second-order valence-electron chi connectivity index (χ2n) is 15.2. The molecule has 0 radical (unpaired) electrons. The summed E-state index contributed by atoms with van der Waals surface area (Å²) < 4.78 is 0. The minimum atomic E-state index is -0.0387. The molecule has 3 rings (SSSR count). The van der Waals surface area contributed by atoms with Gasteiger partial charge in [0.05, 0.1) is 0 Å². The van der Waals surface area contributed by atoms with Gasteiger partial charge < -0.3 is 4.79 Å². The van der Waals surface area contributed by atoms with Crippen LogP contribution in [0, 0.1) is 32.5 Å². The van der Waals surface area contributed by atoms with Gasteiger partial charge in [0.25, 0.3) is 0 Å². The molecule has 0 aromatic heterocycles. The van der Waals surface area contributed by atoms with Crippen molar-refractivity contribution in [3.63, 3.8) is 0 Å². The van der Waals surface area contributed by atoms with Crippen LogP contribution >= 0.6 is 0 Å². The predicted molar refractivity (Wildman–Crippen MR) is 169 cm³/mol. The molecule has 3 aliphatic rings. The molecule has 0 heterocycles. The summed E-state index contributed by atoms with van der Waals surface area (Å²) in [7, 11) is 0. The molecule has 3 fully saturated rings. The van der Waals surface area contributed by atoms with Gasteiger partial charge in [-0.15, -0.1) is 0 Å². The Labute approximate surface area is 244 Å². The minimum absolute atomic E-state index is 0. The summed E-state index contributed by atoms with van der Waals surface area (Å²) in [5, 5.41) is 0. The average Bonchev–Trinajstić information content (AvgIpc) is 3.41. The highest BCUT2D eigenvalue weighted by Gasteiger charge is 2.50. The zero-order valence-electron chi connectivity index (χ0n) is 27.6. The maximum absolute atomic E-state index is 11.7. The van der Waals surface area contributed by atoms with Gasteiger partial charge >= 0.3 is 0 Å². The summed E-state index contributed by atoms with van der Waals surface area (Å²) in [6.07, 6.45) is 16.4. The third-order valence-electron chi connectivity index (χ3n) is 12.5. The smallest absolute Gasteiger partial charge is 0.136 e. The van der Waals surface area contributed by atoms with Crippen molar-refractivity contribution in [1.29, 1.82) is 0 Å². The fraction of sp³-hybridized carbons (Fsp3) is 0.917. The van der Waals surface area contributed by atoms with Gasteiger partial charge in [0.15, 0.2) is 0 Å². The van der Waals surface area contributed by atoms with E-state index in [4.69, 9.17) is 0 Å². The molecular weight excluding hydrogens is 480 g/mol. The first-order valence-corrected chi connectivity index (χ1v) is 15.8. The number of ketones is 3. The standard InChI is InChI=1S/2C12H22O.C11H20O.CH4/c1-5-11(3)7-6-8-12(11,4)9-10(2)13;1-5-7-11(3)8-6-9-12(11,4)10(2)13;1-5-10(3)6-7-11(4,8-10)9(2)12;/h2*5-9H2,1-4H3;5-8H2,1-4H3;1H4. The molecule has 39 heavy (non-hydrogen) atoms. The predicted octanol–water partition coefficient (Wildman–Crippen LogP) is 11.0. The Bertz CT molecular complexity index is 829. The molecule has 0 aromatic carbocycles. The van der Waals surface area contributed by atoms with Gasteiger partial charge in [-0.1, -0.05) is 102 Å². The van der Waals surface area contributed by atoms with Crippen molar-refractivity contribution in [2.24, 2.45) is 32.5 Å². The molecule has 6 unspecified atom stereocenters. The molecule has 0 aromatic rings. The summed E-state index contributed by atoms with van der Waals surface area (Å²) in [5.41, 5.74) is 1.33. The largest absolute Gasteiger partial charge is 0.300 e. The average molecular weight is 549 g/mol. The lowest BCUT2D eigenvalue weighted by Crippen LogP contribution is -2.38. The van der Waals surface area contributed by atoms with Crippen LogP contribution in [-0.4, -0.2) is 17.3 Å².